The molecule has 1 unspecified atom stereocenters. The first kappa shape index (κ1) is 59.5. The van der Waals surface area contributed by atoms with Gasteiger partial charge in [-0.15, -0.1) is 0 Å². The minimum atomic E-state index is -4.62. The normalized spacial score (nSPS) is 13.9. The molecule has 360 valence electrons. The summed E-state index contributed by atoms with van der Waals surface area (Å²) in [7, 11) is -4.62. The molecular formula is C50H95O10P. The number of carbonyl (C=O) groups excluding carboxylic acids is 2. The van der Waals surface area contributed by atoms with Crippen LogP contribution in [0.1, 0.15) is 245 Å². The van der Waals surface area contributed by atoms with Gasteiger partial charge in [0.05, 0.1) is 19.8 Å². The SMILES string of the molecule is CCCCCCCCCC/C=C\CCCCCCCCCC(=O)OC[C@H](COP(=O)(O)OC[C@@H](O)CO)OC(=O)CCCCCCCCC/C=C\CCCCCCCCCC. The van der Waals surface area contributed by atoms with Gasteiger partial charge in [0.1, 0.15) is 12.7 Å². The highest BCUT2D eigenvalue weighted by atomic mass is 31.2. The summed E-state index contributed by atoms with van der Waals surface area (Å²) in [6, 6.07) is 0. The van der Waals surface area contributed by atoms with Crippen LogP contribution in [0.2, 0.25) is 0 Å². The van der Waals surface area contributed by atoms with E-state index in [-0.39, 0.29) is 19.4 Å². The molecule has 0 amide bonds. The monoisotopic (exact) mass is 887 g/mol. The highest BCUT2D eigenvalue weighted by Crippen LogP contribution is 2.43. The van der Waals surface area contributed by atoms with E-state index in [4.69, 9.17) is 23.6 Å². The summed E-state index contributed by atoms with van der Waals surface area (Å²) in [6.45, 7) is 2.41. The molecule has 0 aliphatic rings. The van der Waals surface area contributed by atoms with Crippen molar-refractivity contribution in [3.63, 3.8) is 0 Å². The number of phosphoric acid groups is 1. The van der Waals surface area contributed by atoms with Crippen molar-refractivity contribution in [1.82, 2.24) is 0 Å². The standard InChI is InChI=1S/C50H95O10P/c1-3-5-7-9-11-13-15-17-19-21-23-25-27-29-31-33-35-37-39-41-49(53)57-45-48(46-59-61(55,56)58-44-47(52)43-51)60-50(54)42-40-38-36-34-32-30-28-26-24-22-20-18-16-14-12-10-8-6-4-2/h21-24,47-48,51-52H,3-20,25-46H2,1-2H3,(H,55,56)/b23-21-,24-22-/t47-,48+/m0/s1. The molecule has 0 aromatic rings. The Morgan fingerprint density at radius 1 is 0.475 bits per heavy atom. The van der Waals surface area contributed by atoms with Crippen molar-refractivity contribution in [1.29, 1.82) is 0 Å². The van der Waals surface area contributed by atoms with Crippen LogP contribution in [0.5, 0.6) is 0 Å². The molecule has 3 atom stereocenters. The van der Waals surface area contributed by atoms with Crippen molar-refractivity contribution in [2.75, 3.05) is 26.4 Å². The van der Waals surface area contributed by atoms with E-state index in [9.17, 15) is 24.2 Å². The first-order chi connectivity index (χ1) is 29.7. The molecule has 10 nitrogen and oxygen atoms in total. The van der Waals surface area contributed by atoms with Crippen LogP contribution in [0.4, 0.5) is 0 Å². The Kier molecular flexibility index (Phi) is 45.3. The van der Waals surface area contributed by atoms with Gasteiger partial charge < -0.3 is 24.6 Å². The van der Waals surface area contributed by atoms with Gasteiger partial charge in [-0.25, -0.2) is 4.57 Å². The number of phosphoric ester groups is 1. The predicted molar refractivity (Wildman–Crippen MR) is 252 cm³/mol. The van der Waals surface area contributed by atoms with E-state index in [2.05, 4.69) is 38.2 Å². The first-order valence-electron chi connectivity index (χ1n) is 25.3. The zero-order chi connectivity index (χ0) is 44.8. The van der Waals surface area contributed by atoms with Gasteiger partial charge >= 0.3 is 19.8 Å². The maximum atomic E-state index is 12.7. The van der Waals surface area contributed by atoms with Gasteiger partial charge in [0.15, 0.2) is 6.10 Å². The Bertz CT molecular complexity index is 1070. The molecule has 3 N–H and O–H groups in total. The van der Waals surface area contributed by atoms with Crippen LogP contribution in [-0.4, -0.2) is 65.7 Å². The van der Waals surface area contributed by atoms with E-state index in [1.807, 2.05) is 0 Å². The smallest absolute Gasteiger partial charge is 0.462 e. The van der Waals surface area contributed by atoms with Crippen molar-refractivity contribution >= 4 is 19.8 Å². The lowest BCUT2D eigenvalue weighted by atomic mass is 10.1. The van der Waals surface area contributed by atoms with Gasteiger partial charge in [0.2, 0.25) is 0 Å². The van der Waals surface area contributed by atoms with Crippen molar-refractivity contribution < 1.29 is 47.8 Å². The minimum absolute atomic E-state index is 0.181. The van der Waals surface area contributed by atoms with Crippen LogP contribution in [0, 0.1) is 0 Å². The molecule has 0 radical (unpaired) electrons. The Morgan fingerprint density at radius 2 is 0.803 bits per heavy atom. The molecule has 0 aromatic carbocycles. The van der Waals surface area contributed by atoms with E-state index in [1.54, 1.807) is 0 Å². The van der Waals surface area contributed by atoms with Crippen LogP contribution in [0.25, 0.3) is 0 Å². The third kappa shape index (κ3) is 46.3. The molecule has 0 aliphatic carbocycles. The molecule has 0 aromatic heterocycles. The summed E-state index contributed by atoms with van der Waals surface area (Å²) >= 11 is 0. The van der Waals surface area contributed by atoms with Crippen LogP contribution in [-0.2, 0) is 32.7 Å². The third-order valence-electron chi connectivity index (χ3n) is 11.1. The largest absolute Gasteiger partial charge is 0.472 e. The minimum Gasteiger partial charge on any atom is -0.462 e. The topological polar surface area (TPSA) is 149 Å². The van der Waals surface area contributed by atoms with E-state index >= 15 is 0 Å². The van der Waals surface area contributed by atoms with Crippen molar-refractivity contribution in [3.05, 3.63) is 24.3 Å². The second kappa shape index (κ2) is 46.4. The lowest BCUT2D eigenvalue weighted by molar-refractivity contribution is -0.161. The van der Waals surface area contributed by atoms with E-state index in [1.165, 1.54) is 154 Å². The number of hydrogen-bond acceptors (Lipinski definition) is 9. The lowest BCUT2D eigenvalue weighted by Gasteiger charge is -2.20. The molecule has 61 heavy (non-hydrogen) atoms. The molecule has 0 rings (SSSR count). The lowest BCUT2D eigenvalue weighted by Crippen LogP contribution is -2.29. The van der Waals surface area contributed by atoms with Gasteiger partial charge in [0.25, 0.3) is 0 Å². The molecule has 0 spiro atoms. The Labute approximate surface area is 374 Å². The second-order valence-corrected chi connectivity index (χ2v) is 18.6. The Balaban J connectivity index is 4.19. The highest BCUT2D eigenvalue weighted by molar-refractivity contribution is 7.47. The van der Waals surface area contributed by atoms with E-state index in [0.29, 0.717) is 12.8 Å². The maximum Gasteiger partial charge on any atom is 0.472 e. The maximum absolute atomic E-state index is 12.7. The summed E-state index contributed by atoms with van der Waals surface area (Å²) in [4.78, 5) is 35.1. The van der Waals surface area contributed by atoms with Crippen molar-refractivity contribution in [2.24, 2.45) is 0 Å². The molecule has 11 heteroatoms. The number of rotatable bonds is 48. The summed E-state index contributed by atoms with van der Waals surface area (Å²) in [5.41, 5.74) is 0. The molecule has 0 saturated heterocycles. The molecule has 0 saturated carbocycles. The zero-order valence-electron chi connectivity index (χ0n) is 39.4. The number of aliphatic hydroxyl groups is 2. The Hall–Kier alpha value is -1.55. The fraction of sp³-hybridized carbons (Fsp3) is 0.880. The molecule has 0 fully saturated rings. The van der Waals surface area contributed by atoms with Crippen LogP contribution in [0.3, 0.4) is 0 Å². The number of hydrogen-bond donors (Lipinski definition) is 3. The fourth-order valence-electron chi connectivity index (χ4n) is 7.16. The first-order valence-corrected chi connectivity index (χ1v) is 26.8. The second-order valence-electron chi connectivity index (χ2n) is 17.2. The number of esters is 2. The van der Waals surface area contributed by atoms with Crippen molar-refractivity contribution in [2.45, 2.75) is 257 Å². The van der Waals surface area contributed by atoms with Crippen LogP contribution in [0.15, 0.2) is 24.3 Å². The van der Waals surface area contributed by atoms with Crippen LogP contribution < -0.4 is 0 Å². The van der Waals surface area contributed by atoms with Gasteiger partial charge in [-0.1, -0.05) is 192 Å². The van der Waals surface area contributed by atoms with Gasteiger partial charge in [0, 0.05) is 12.8 Å². The van der Waals surface area contributed by atoms with Gasteiger partial charge in [-0.3, -0.25) is 18.6 Å². The average Bonchev–Trinajstić information content (AvgIpc) is 3.25. The van der Waals surface area contributed by atoms with Crippen LogP contribution >= 0.6 is 7.82 Å². The molecule has 0 aliphatic heterocycles. The number of unbranched alkanes of at least 4 members (excludes halogenated alkanes) is 30. The third-order valence-corrected chi connectivity index (χ3v) is 12.0. The molecular weight excluding hydrogens is 792 g/mol. The van der Waals surface area contributed by atoms with E-state index in [0.717, 1.165) is 51.4 Å². The van der Waals surface area contributed by atoms with Gasteiger partial charge in [-0.2, -0.15) is 0 Å². The number of aliphatic hydroxyl groups excluding tert-OH is 2. The zero-order valence-corrected chi connectivity index (χ0v) is 40.3. The summed E-state index contributed by atoms with van der Waals surface area (Å²) in [5, 5.41) is 18.4. The number of ether oxygens (including phenoxy) is 2. The van der Waals surface area contributed by atoms with Gasteiger partial charge in [-0.05, 0) is 64.2 Å². The highest BCUT2D eigenvalue weighted by Gasteiger charge is 2.27. The van der Waals surface area contributed by atoms with E-state index < -0.39 is 51.8 Å². The summed E-state index contributed by atoms with van der Waals surface area (Å²) < 4.78 is 32.9. The summed E-state index contributed by atoms with van der Waals surface area (Å²) in [6.07, 6.45) is 48.5. The predicted octanol–water partition coefficient (Wildman–Crippen LogP) is 14.1. The average molecular weight is 887 g/mol. The fourth-order valence-corrected chi connectivity index (χ4v) is 7.95. The summed E-state index contributed by atoms with van der Waals surface area (Å²) in [5.74, 6) is -0.924. The molecule has 0 bridgehead atoms. The Morgan fingerprint density at radius 3 is 1.18 bits per heavy atom. The van der Waals surface area contributed by atoms with Crippen molar-refractivity contribution in [3.8, 4) is 0 Å². The number of carbonyl (C=O) groups is 2. The quantitative estimate of drug-likeness (QED) is 0.0233. The number of allylic oxidation sites excluding steroid dienone is 4. The molecule has 0 heterocycles.